The van der Waals surface area contributed by atoms with Gasteiger partial charge in [-0.1, -0.05) is 19.9 Å². The third-order valence-electron chi connectivity index (χ3n) is 3.36. The fourth-order valence-corrected chi connectivity index (χ4v) is 3.25. The summed E-state index contributed by atoms with van der Waals surface area (Å²) in [4.78, 5) is 2.51. The van der Waals surface area contributed by atoms with Gasteiger partial charge in [0.05, 0.1) is 4.47 Å². The Bertz CT molecular complexity index is 384. The van der Waals surface area contributed by atoms with Crippen molar-refractivity contribution in [1.29, 1.82) is 0 Å². The summed E-state index contributed by atoms with van der Waals surface area (Å²) in [5, 5.41) is 9.47. The van der Waals surface area contributed by atoms with E-state index in [1.54, 1.807) is 6.07 Å². The summed E-state index contributed by atoms with van der Waals surface area (Å²) in [5.41, 5.74) is 1.26. The average Bonchev–Trinajstić information content (AvgIpc) is 2.22. The maximum atomic E-state index is 9.47. The molecule has 94 valence electrons. The van der Waals surface area contributed by atoms with Crippen LogP contribution in [0.15, 0.2) is 22.7 Å². The molecule has 2 atom stereocenters. The number of phenols is 1. The van der Waals surface area contributed by atoms with Crippen LogP contribution in [-0.2, 0) is 6.54 Å². The van der Waals surface area contributed by atoms with Gasteiger partial charge in [0.15, 0.2) is 0 Å². The molecule has 1 aromatic carbocycles. The van der Waals surface area contributed by atoms with Crippen LogP contribution in [0.1, 0.15) is 25.8 Å². The quantitative estimate of drug-likeness (QED) is 0.901. The molecule has 0 saturated carbocycles. The SMILES string of the molecule is CC1CC(C)CN(Cc2ccc(O)c(Br)c2)C1. The lowest BCUT2D eigenvalue weighted by Gasteiger charge is -2.35. The van der Waals surface area contributed by atoms with E-state index in [2.05, 4.69) is 34.7 Å². The zero-order valence-electron chi connectivity index (χ0n) is 10.5. The highest BCUT2D eigenvalue weighted by atomic mass is 79.9. The Kier molecular flexibility index (Phi) is 4.10. The number of nitrogens with zero attached hydrogens (tertiary/aromatic N) is 1. The molecule has 1 saturated heterocycles. The van der Waals surface area contributed by atoms with Crippen molar-refractivity contribution in [3.63, 3.8) is 0 Å². The molecule has 1 aromatic rings. The molecule has 1 N–H and O–H groups in total. The first-order valence-corrected chi connectivity index (χ1v) is 7.03. The van der Waals surface area contributed by atoms with Crippen molar-refractivity contribution in [2.24, 2.45) is 11.8 Å². The van der Waals surface area contributed by atoms with Crippen molar-refractivity contribution < 1.29 is 5.11 Å². The summed E-state index contributed by atoms with van der Waals surface area (Å²) in [7, 11) is 0. The van der Waals surface area contributed by atoms with E-state index >= 15 is 0 Å². The fraction of sp³-hybridized carbons (Fsp3) is 0.571. The minimum Gasteiger partial charge on any atom is -0.507 e. The van der Waals surface area contributed by atoms with Gasteiger partial charge < -0.3 is 5.11 Å². The van der Waals surface area contributed by atoms with Gasteiger partial charge in [0.1, 0.15) is 5.75 Å². The summed E-state index contributed by atoms with van der Waals surface area (Å²) in [6.45, 7) is 8.00. The first kappa shape index (κ1) is 12.9. The molecule has 3 heteroatoms. The first-order valence-electron chi connectivity index (χ1n) is 6.24. The molecule has 0 aliphatic carbocycles. The van der Waals surface area contributed by atoms with Gasteiger partial charge >= 0.3 is 0 Å². The predicted octanol–water partition coefficient (Wildman–Crippen LogP) is 3.63. The van der Waals surface area contributed by atoms with E-state index in [1.807, 2.05) is 12.1 Å². The van der Waals surface area contributed by atoms with Gasteiger partial charge in [0, 0.05) is 19.6 Å². The van der Waals surface area contributed by atoms with Gasteiger partial charge in [-0.05, 0) is 51.9 Å². The van der Waals surface area contributed by atoms with Crippen LogP contribution in [0.2, 0.25) is 0 Å². The second kappa shape index (κ2) is 5.40. The van der Waals surface area contributed by atoms with Crippen LogP contribution >= 0.6 is 15.9 Å². The van der Waals surface area contributed by atoms with Crippen molar-refractivity contribution in [2.75, 3.05) is 13.1 Å². The van der Waals surface area contributed by atoms with Crippen LogP contribution in [-0.4, -0.2) is 23.1 Å². The van der Waals surface area contributed by atoms with Crippen LogP contribution in [0.5, 0.6) is 5.75 Å². The molecular weight excluding hydrogens is 278 g/mol. The number of rotatable bonds is 2. The lowest BCUT2D eigenvalue weighted by molar-refractivity contribution is 0.134. The lowest BCUT2D eigenvalue weighted by Crippen LogP contribution is -2.38. The number of hydrogen-bond donors (Lipinski definition) is 1. The molecule has 1 aliphatic rings. The molecule has 1 fully saturated rings. The van der Waals surface area contributed by atoms with Crippen molar-refractivity contribution in [2.45, 2.75) is 26.8 Å². The van der Waals surface area contributed by atoms with Gasteiger partial charge in [-0.3, -0.25) is 4.90 Å². The Morgan fingerprint density at radius 1 is 1.29 bits per heavy atom. The van der Waals surface area contributed by atoms with Gasteiger partial charge in [0.25, 0.3) is 0 Å². The van der Waals surface area contributed by atoms with Crippen molar-refractivity contribution in [3.8, 4) is 5.75 Å². The van der Waals surface area contributed by atoms with Gasteiger partial charge in [-0.25, -0.2) is 0 Å². The average molecular weight is 298 g/mol. The highest BCUT2D eigenvalue weighted by Crippen LogP contribution is 2.27. The molecular formula is C14H20BrNO. The van der Waals surface area contributed by atoms with E-state index in [-0.39, 0.29) is 0 Å². The molecule has 0 amide bonds. The highest BCUT2D eigenvalue weighted by molar-refractivity contribution is 9.10. The van der Waals surface area contributed by atoms with Crippen LogP contribution in [0.25, 0.3) is 0 Å². The van der Waals surface area contributed by atoms with E-state index in [1.165, 1.54) is 25.1 Å². The zero-order valence-corrected chi connectivity index (χ0v) is 12.1. The molecule has 0 radical (unpaired) electrons. The van der Waals surface area contributed by atoms with E-state index in [9.17, 15) is 5.11 Å². The molecule has 17 heavy (non-hydrogen) atoms. The number of likely N-dealkylation sites (tertiary alicyclic amines) is 1. The molecule has 2 rings (SSSR count). The van der Waals surface area contributed by atoms with E-state index in [0.717, 1.165) is 22.9 Å². The summed E-state index contributed by atoms with van der Waals surface area (Å²) in [6, 6.07) is 5.78. The molecule has 0 aromatic heterocycles. The van der Waals surface area contributed by atoms with E-state index in [4.69, 9.17) is 0 Å². The van der Waals surface area contributed by atoms with Gasteiger partial charge in [-0.2, -0.15) is 0 Å². The van der Waals surface area contributed by atoms with Gasteiger partial charge in [0.2, 0.25) is 0 Å². The number of phenolic OH excluding ortho intramolecular Hbond substituents is 1. The van der Waals surface area contributed by atoms with Crippen molar-refractivity contribution in [3.05, 3.63) is 28.2 Å². The van der Waals surface area contributed by atoms with Crippen molar-refractivity contribution in [1.82, 2.24) is 4.90 Å². The summed E-state index contributed by atoms with van der Waals surface area (Å²) in [6.07, 6.45) is 1.34. The minimum atomic E-state index is 0.314. The number of halogens is 1. The summed E-state index contributed by atoms with van der Waals surface area (Å²) < 4.78 is 0.785. The zero-order chi connectivity index (χ0) is 12.4. The maximum absolute atomic E-state index is 9.47. The second-order valence-corrected chi connectivity index (χ2v) is 6.28. The minimum absolute atomic E-state index is 0.314. The molecule has 1 heterocycles. The molecule has 2 nitrogen and oxygen atoms in total. The van der Waals surface area contributed by atoms with Crippen LogP contribution in [0.4, 0.5) is 0 Å². The van der Waals surface area contributed by atoms with Gasteiger partial charge in [-0.15, -0.1) is 0 Å². The third kappa shape index (κ3) is 3.46. The fourth-order valence-electron chi connectivity index (χ4n) is 2.83. The Hall–Kier alpha value is -0.540. The standard InChI is InChI=1S/C14H20BrNO/c1-10-5-11(2)8-16(7-10)9-12-3-4-14(17)13(15)6-12/h3-4,6,10-11,17H,5,7-9H2,1-2H3. The predicted molar refractivity (Wildman–Crippen MR) is 74.0 cm³/mol. The number of aromatic hydroxyl groups is 1. The number of hydrogen-bond acceptors (Lipinski definition) is 2. The maximum Gasteiger partial charge on any atom is 0.129 e. The largest absolute Gasteiger partial charge is 0.507 e. The Morgan fingerprint density at radius 3 is 2.53 bits per heavy atom. The first-order chi connectivity index (χ1) is 8.04. The Balaban J connectivity index is 2.02. The number of benzene rings is 1. The smallest absolute Gasteiger partial charge is 0.129 e. The van der Waals surface area contributed by atoms with Crippen LogP contribution in [0, 0.1) is 11.8 Å². The summed E-state index contributed by atoms with van der Waals surface area (Å²) >= 11 is 3.37. The third-order valence-corrected chi connectivity index (χ3v) is 4.00. The van der Waals surface area contributed by atoms with E-state index < -0.39 is 0 Å². The second-order valence-electron chi connectivity index (χ2n) is 5.43. The molecule has 1 aliphatic heterocycles. The molecule has 0 bridgehead atoms. The van der Waals surface area contributed by atoms with E-state index in [0.29, 0.717) is 5.75 Å². The number of piperidine rings is 1. The normalized spacial score (nSPS) is 26.1. The lowest BCUT2D eigenvalue weighted by atomic mass is 9.91. The Labute approximate surface area is 112 Å². The Morgan fingerprint density at radius 2 is 1.94 bits per heavy atom. The monoisotopic (exact) mass is 297 g/mol. The molecule has 0 spiro atoms. The van der Waals surface area contributed by atoms with Crippen molar-refractivity contribution >= 4 is 15.9 Å². The molecule has 2 unspecified atom stereocenters. The highest BCUT2D eigenvalue weighted by Gasteiger charge is 2.21. The summed E-state index contributed by atoms with van der Waals surface area (Å²) in [5.74, 6) is 1.90. The van der Waals surface area contributed by atoms with Crippen LogP contribution < -0.4 is 0 Å². The van der Waals surface area contributed by atoms with Crippen LogP contribution in [0.3, 0.4) is 0 Å². The topological polar surface area (TPSA) is 23.5 Å².